The van der Waals surface area contributed by atoms with Gasteiger partial charge in [0.15, 0.2) is 0 Å². The van der Waals surface area contributed by atoms with E-state index in [1.165, 1.54) is 6.92 Å². The molecule has 1 saturated heterocycles. The van der Waals surface area contributed by atoms with Gasteiger partial charge in [0.1, 0.15) is 5.67 Å². The molecule has 0 radical (unpaired) electrons. The summed E-state index contributed by atoms with van der Waals surface area (Å²) in [6.07, 6.45) is -0.238. The Kier molecular flexibility index (Phi) is 2.74. The van der Waals surface area contributed by atoms with E-state index in [1.54, 1.807) is 0 Å². The van der Waals surface area contributed by atoms with Crippen molar-refractivity contribution in [1.29, 1.82) is 0 Å². The zero-order valence-corrected chi connectivity index (χ0v) is 8.05. The van der Waals surface area contributed by atoms with Crippen LogP contribution in [0.15, 0.2) is 0 Å². The van der Waals surface area contributed by atoms with E-state index < -0.39 is 11.8 Å². The standard InChI is InChI=1S/C9H18FNO/c1-7(2)11-5-4-8(12)9(3,10)6-11/h7-8,12H,4-6H2,1-3H3. The summed E-state index contributed by atoms with van der Waals surface area (Å²) in [5.74, 6) is 0. The molecule has 0 aromatic rings. The molecule has 12 heavy (non-hydrogen) atoms. The number of halogens is 1. The summed E-state index contributed by atoms with van der Waals surface area (Å²) in [5.41, 5.74) is -1.43. The summed E-state index contributed by atoms with van der Waals surface area (Å²) in [7, 11) is 0. The fourth-order valence-corrected chi connectivity index (χ4v) is 1.61. The zero-order chi connectivity index (χ0) is 9.35. The third-order valence-electron chi connectivity index (χ3n) is 2.63. The van der Waals surface area contributed by atoms with Crippen LogP contribution in [0.3, 0.4) is 0 Å². The van der Waals surface area contributed by atoms with Crippen molar-refractivity contribution in [2.45, 2.75) is 45.0 Å². The van der Waals surface area contributed by atoms with Crippen LogP contribution in [-0.4, -0.2) is 40.9 Å². The van der Waals surface area contributed by atoms with Gasteiger partial charge < -0.3 is 5.11 Å². The predicted molar refractivity (Wildman–Crippen MR) is 46.8 cm³/mol. The lowest BCUT2D eigenvalue weighted by molar-refractivity contribution is -0.0643. The van der Waals surface area contributed by atoms with Crippen molar-refractivity contribution >= 4 is 0 Å². The smallest absolute Gasteiger partial charge is 0.146 e. The molecule has 1 N–H and O–H groups in total. The molecule has 0 bridgehead atoms. The Balaban J connectivity index is 2.57. The highest BCUT2D eigenvalue weighted by molar-refractivity contribution is 4.91. The summed E-state index contributed by atoms with van der Waals surface area (Å²) >= 11 is 0. The molecule has 1 fully saturated rings. The summed E-state index contributed by atoms with van der Waals surface area (Å²) in [6.45, 7) is 6.73. The number of alkyl halides is 1. The van der Waals surface area contributed by atoms with Gasteiger partial charge in [-0.2, -0.15) is 0 Å². The second-order valence-corrected chi connectivity index (χ2v) is 4.15. The Morgan fingerprint density at radius 1 is 1.58 bits per heavy atom. The first kappa shape index (κ1) is 9.93. The van der Waals surface area contributed by atoms with Gasteiger partial charge in [-0.25, -0.2) is 4.39 Å². The van der Waals surface area contributed by atoms with Crippen LogP contribution in [0.25, 0.3) is 0 Å². The summed E-state index contributed by atoms with van der Waals surface area (Å²) in [5, 5.41) is 9.33. The second kappa shape index (κ2) is 3.30. The minimum absolute atomic E-state index is 0.353. The van der Waals surface area contributed by atoms with Crippen molar-refractivity contribution in [3.05, 3.63) is 0 Å². The van der Waals surface area contributed by atoms with E-state index in [0.717, 1.165) is 6.54 Å². The number of aliphatic hydroxyl groups is 1. The van der Waals surface area contributed by atoms with E-state index in [-0.39, 0.29) is 0 Å². The Bertz CT molecular complexity index is 159. The molecule has 0 spiro atoms. The third-order valence-corrected chi connectivity index (χ3v) is 2.63. The average molecular weight is 175 g/mol. The maximum absolute atomic E-state index is 13.6. The predicted octanol–water partition coefficient (Wildman–Crippen LogP) is 1.19. The van der Waals surface area contributed by atoms with E-state index in [9.17, 15) is 9.50 Å². The molecule has 2 unspecified atom stereocenters. The SMILES string of the molecule is CC(C)N1CCC(O)C(C)(F)C1. The zero-order valence-electron chi connectivity index (χ0n) is 8.05. The molecule has 0 aliphatic carbocycles. The fourth-order valence-electron chi connectivity index (χ4n) is 1.61. The molecule has 3 heteroatoms. The molecule has 0 saturated carbocycles. The molecule has 0 amide bonds. The Hall–Kier alpha value is -0.150. The van der Waals surface area contributed by atoms with E-state index in [4.69, 9.17) is 0 Å². The molecule has 0 aromatic heterocycles. The van der Waals surface area contributed by atoms with Crippen LogP contribution < -0.4 is 0 Å². The molecular formula is C9H18FNO. The maximum atomic E-state index is 13.6. The lowest BCUT2D eigenvalue weighted by Gasteiger charge is -2.40. The molecule has 2 nitrogen and oxygen atoms in total. The van der Waals surface area contributed by atoms with Gasteiger partial charge in [0.05, 0.1) is 6.10 Å². The number of rotatable bonds is 1. The van der Waals surface area contributed by atoms with Crippen LogP contribution in [0.2, 0.25) is 0 Å². The Morgan fingerprint density at radius 3 is 2.58 bits per heavy atom. The van der Waals surface area contributed by atoms with Crippen molar-refractivity contribution in [3.8, 4) is 0 Å². The fraction of sp³-hybridized carbons (Fsp3) is 1.00. The molecule has 2 atom stereocenters. The number of piperidine rings is 1. The number of hydrogen-bond acceptors (Lipinski definition) is 2. The first-order valence-corrected chi connectivity index (χ1v) is 4.54. The minimum Gasteiger partial charge on any atom is -0.390 e. The van der Waals surface area contributed by atoms with Crippen molar-refractivity contribution < 1.29 is 9.50 Å². The number of likely N-dealkylation sites (tertiary alicyclic amines) is 1. The van der Waals surface area contributed by atoms with Gasteiger partial charge >= 0.3 is 0 Å². The summed E-state index contributed by atoms with van der Waals surface area (Å²) in [4.78, 5) is 2.06. The first-order valence-electron chi connectivity index (χ1n) is 4.54. The van der Waals surface area contributed by atoms with E-state index in [2.05, 4.69) is 4.90 Å². The van der Waals surface area contributed by atoms with Gasteiger partial charge in [0.25, 0.3) is 0 Å². The highest BCUT2D eigenvalue weighted by atomic mass is 19.1. The van der Waals surface area contributed by atoms with E-state index in [0.29, 0.717) is 19.0 Å². The minimum atomic E-state index is -1.43. The van der Waals surface area contributed by atoms with Crippen molar-refractivity contribution in [2.75, 3.05) is 13.1 Å². The lowest BCUT2D eigenvalue weighted by atomic mass is 9.93. The number of aliphatic hydroxyl groups excluding tert-OH is 1. The summed E-state index contributed by atoms with van der Waals surface area (Å²) < 4.78 is 13.6. The van der Waals surface area contributed by atoms with Gasteiger partial charge in [-0.1, -0.05) is 0 Å². The molecule has 1 aliphatic rings. The van der Waals surface area contributed by atoms with Crippen LogP contribution in [0.1, 0.15) is 27.2 Å². The quantitative estimate of drug-likeness (QED) is 0.647. The van der Waals surface area contributed by atoms with Crippen LogP contribution >= 0.6 is 0 Å². The monoisotopic (exact) mass is 175 g/mol. The maximum Gasteiger partial charge on any atom is 0.146 e. The molecule has 1 heterocycles. The Labute approximate surface area is 73.4 Å². The van der Waals surface area contributed by atoms with Crippen molar-refractivity contribution in [2.24, 2.45) is 0 Å². The molecule has 72 valence electrons. The van der Waals surface area contributed by atoms with Gasteiger partial charge in [0, 0.05) is 19.1 Å². The van der Waals surface area contributed by atoms with Gasteiger partial charge in [-0.05, 0) is 27.2 Å². The van der Waals surface area contributed by atoms with Crippen molar-refractivity contribution in [1.82, 2.24) is 4.90 Å². The molecular weight excluding hydrogens is 157 g/mol. The number of hydrogen-bond donors (Lipinski definition) is 1. The van der Waals surface area contributed by atoms with Gasteiger partial charge in [-0.3, -0.25) is 4.90 Å². The second-order valence-electron chi connectivity index (χ2n) is 4.15. The normalized spacial score (nSPS) is 39.0. The van der Waals surface area contributed by atoms with Crippen LogP contribution in [0, 0.1) is 0 Å². The van der Waals surface area contributed by atoms with Gasteiger partial charge in [-0.15, -0.1) is 0 Å². The van der Waals surface area contributed by atoms with Crippen LogP contribution in [-0.2, 0) is 0 Å². The first-order chi connectivity index (χ1) is 5.43. The van der Waals surface area contributed by atoms with Gasteiger partial charge in [0.2, 0.25) is 0 Å². The third kappa shape index (κ3) is 1.96. The van der Waals surface area contributed by atoms with Crippen LogP contribution in [0.4, 0.5) is 4.39 Å². The largest absolute Gasteiger partial charge is 0.390 e. The average Bonchev–Trinajstić information content (AvgIpc) is 1.94. The number of nitrogens with zero attached hydrogens (tertiary/aromatic N) is 1. The topological polar surface area (TPSA) is 23.5 Å². The molecule has 0 aromatic carbocycles. The lowest BCUT2D eigenvalue weighted by Crippen LogP contribution is -2.54. The Morgan fingerprint density at radius 2 is 2.17 bits per heavy atom. The molecule has 1 aliphatic heterocycles. The van der Waals surface area contributed by atoms with E-state index in [1.807, 2.05) is 13.8 Å². The highest BCUT2D eigenvalue weighted by Gasteiger charge is 2.39. The molecule has 1 rings (SSSR count). The highest BCUT2D eigenvalue weighted by Crippen LogP contribution is 2.26. The van der Waals surface area contributed by atoms with Crippen molar-refractivity contribution in [3.63, 3.8) is 0 Å². The van der Waals surface area contributed by atoms with E-state index >= 15 is 0 Å². The van der Waals surface area contributed by atoms with Crippen LogP contribution in [0.5, 0.6) is 0 Å². The summed E-state index contributed by atoms with van der Waals surface area (Å²) in [6, 6.07) is 0.368.